The van der Waals surface area contributed by atoms with Crippen molar-refractivity contribution in [3.05, 3.63) is 28.7 Å². The van der Waals surface area contributed by atoms with Crippen LogP contribution in [0.3, 0.4) is 0 Å². The lowest BCUT2D eigenvalue weighted by molar-refractivity contribution is 0.0696. The molecule has 0 aliphatic heterocycles. The largest absolute Gasteiger partial charge is 0.478 e. The smallest absolute Gasteiger partial charge is 0.340 e. The number of aromatic nitrogens is 3. The molecule has 0 saturated carbocycles. The van der Waals surface area contributed by atoms with Gasteiger partial charge < -0.3 is 5.11 Å². The van der Waals surface area contributed by atoms with Gasteiger partial charge in [0, 0.05) is 12.3 Å². The van der Waals surface area contributed by atoms with Crippen LogP contribution in [0.1, 0.15) is 35.8 Å². The average molecular weight is 240 g/mol. The lowest BCUT2D eigenvalue weighted by Gasteiger charge is -1.98. The second-order valence-corrected chi connectivity index (χ2v) is 4.14. The van der Waals surface area contributed by atoms with Gasteiger partial charge in [-0.05, 0) is 5.92 Å². The molecular formula is C10H10ClN3O2. The summed E-state index contributed by atoms with van der Waals surface area (Å²) in [6.45, 7) is 4.00. The Labute approximate surface area is 96.7 Å². The van der Waals surface area contributed by atoms with Crippen molar-refractivity contribution in [2.24, 2.45) is 0 Å². The molecule has 0 aliphatic rings. The first-order valence-corrected chi connectivity index (χ1v) is 5.16. The Kier molecular flexibility index (Phi) is 2.55. The Morgan fingerprint density at radius 1 is 1.56 bits per heavy atom. The summed E-state index contributed by atoms with van der Waals surface area (Å²) in [5.74, 6) is -0.852. The predicted octanol–water partition coefficient (Wildman–Crippen LogP) is 2.20. The van der Waals surface area contributed by atoms with Crippen LogP contribution in [0.5, 0.6) is 0 Å². The maximum atomic E-state index is 10.8. The third-order valence-electron chi connectivity index (χ3n) is 2.24. The number of rotatable bonds is 2. The topological polar surface area (TPSA) is 67.5 Å². The van der Waals surface area contributed by atoms with Crippen LogP contribution >= 0.6 is 11.6 Å². The third kappa shape index (κ3) is 1.74. The molecule has 0 aliphatic carbocycles. The molecule has 0 saturated heterocycles. The Balaban J connectivity index is 2.65. The van der Waals surface area contributed by atoms with Crippen LogP contribution in [0.2, 0.25) is 5.15 Å². The number of nitrogens with zero attached hydrogens (tertiary/aromatic N) is 3. The normalized spacial score (nSPS) is 11.2. The summed E-state index contributed by atoms with van der Waals surface area (Å²) in [5.41, 5.74) is 1.36. The van der Waals surface area contributed by atoms with Gasteiger partial charge in [0.25, 0.3) is 0 Å². The second-order valence-electron chi connectivity index (χ2n) is 3.78. The van der Waals surface area contributed by atoms with Crippen LogP contribution in [0.4, 0.5) is 0 Å². The van der Waals surface area contributed by atoms with Crippen LogP contribution in [0.25, 0.3) is 5.65 Å². The summed E-state index contributed by atoms with van der Waals surface area (Å²) in [4.78, 5) is 14.8. The minimum Gasteiger partial charge on any atom is -0.478 e. The van der Waals surface area contributed by atoms with Gasteiger partial charge in [-0.15, -0.1) is 0 Å². The highest BCUT2D eigenvalue weighted by molar-refractivity contribution is 6.32. The summed E-state index contributed by atoms with van der Waals surface area (Å²) in [6.07, 6.45) is 1.37. The zero-order valence-corrected chi connectivity index (χ0v) is 9.56. The maximum Gasteiger partial charge on any atom is 0.340 e. The van der Waals surface area contributed by atoms with E-state index in [2.05, 4.69) is 10.1 Å². The summed E-state index contributed by atoms with van der Waals surface area (Å²) in [7, 11) is 0. The number of hydrogen-bond acceptors (Lipinski definition) is 3. The lowest BCUT2D eigenvalue weighted by atomic mass is 10.1. The van der Waals surface area contributed by atoms with Crippen molar-refractivity contribution in [1.82, 2.24) is 14.6 Å². The Morgan fingerprint density at radius 3 is 2.81 bits per heavy atom. The average Bonchev–Trinajstić information content (AvgIpc) is 2.58. The zero-order chi connectivity index (χ0) is 11.9. The van der Waals surface area contributed by atoms with E-state index in [-0.39, 0.29) is 16.6 Å². The highest BCUT2D eigenvalue weighted by atomic mass is 35.5. The van der Waals surface area contributed by atoms with Crippen molar-refractivity contribution >= 4 is 23.2 Å². The van der Waals surface area contributed by atoms with Crippen molar-refractivity contribution in [2.45, 2.75) is 19.8 Å². The number of fused-ring (bicyclic) bond motifs is 1. The number of hydrogen-bond donors (Lipinski definition) is 1. The molecule has 6 heteroatoms. The molecule has 0 fully saturated rings. The van der Waals surface area contributed by atoms with Crippen LogP contribution in [-0.4, -0.2) is 25.7 Å². The van der Waals surface area contributed by atoms with E-state index in [1.807, 2.05) is 13.8 Å². The standard InChI is InChI=1S/C10H10ClN3O2/c1-5(2)7-3-8-12-9(11)6(10(15)16)4-14(8)13-7/h3-5H,1-2H3,(H,15,16). The molecule has 0 unspecified atom stereocenters. The molecule has 2 aromatic rings. The number of carboxylic acids is 1. The fraction of sp³-hybridized carbons (Fsp3) is 0.300. The van der Waals surface area contributed by atoms with E-state index in [0.29, 0.717) is 5.65 Å². The van der Waals surface area contributed by atoms with Crippen LogP contribution in [-0.2, 0) is 0 Å². The summed E-state index contributed by atoms with van der Waals surface area (Å²) >= 11 is 5.75. The summed E-state index contributed by atoms with van der Waals surface area (Å²) < 4.78 is 1.44. The van der Waals surface area contributed by atoms with Gasteiger partial charge in [-0.2, -0.15) is 5.10 Å². The minimum atomic E-state index is -1.11. The molecule has 2 rings (SSSR count). The molecule has 16 heavy (non-hydrogen) atoms. The fourth-order valence-electron chi connectivity index (χ4n) is 1.34. The molecule has 2 aromatic heterocycles. The number of halogens is 1. The quantitative estimate of drug-likeness (QED) is 0.816. The molecule has 0 amide bonds. The molecular weight excluding hydrogens is 230 g/mol. The van der Waals surface area contributed by atoms with Gasteiger partial charge in [0.15, 0.2) is 5.65 Å². The predicted molar refractivity (Wildman–Crippen MR) is 59.0 cm³/mol. The van der Waals surface area contributed by atoms with Crippen molar-refractivity contribution in [3.63, 3.8) is 0 Å². The highest BCUT2D eigenvalue weighted by Gasteiger charge is 2.14. The van der Waals surface area contributed by atoms with Crippen molar-refractivity contribution in [1.29, 1.82) is 0 Å². The van der Waals surface area contributed by atoms with Crippen LogP contribution in [0, 0.1) is 0 Å². The minimum absolute atomic E-state index is 0.0183. The van der Waals surface area contributed by atoms with Gasteiger partial charge >= 0.3 is 5.97 Å². The SMILES string of the molecule is CC(C)c1cc2nc(Cl)c(C(=O)O)cn2n1. The molecule has 0 radical (unpaired) electrons. The monoisotopic (exact) mass is 239 g/mol. The molecule has 0 bridgehead atoms. The number of carbonyl (C=O) groups is 1. The van der Waals surface area contributed by atoms with Gasteiger partial charge in [-0.1, -0.05) is 25.4 Å². The first-order chi connectivity index (χ1) is 7.49. The van der Waals surface area contributed by atoms with E-state index >= 15 is 0 Å². The first-order valence-electron chi connectivity index (χ1n) is 4.78. The van der Waals surface area contributed by atoms with Crippen molar-refractivity contribution in [3.8, 4) is 0 Å². The van der Waals surface area contributed by atoms with E-state index in [0.717, 1.165) is 5.69 Å². The lowest BCUT2D eigenvalue weighted by Crippen LogP contribution is -2.03. The number of carboxylic acid groups (broad SMARTS) is 1. The third-order valence-corrected chi connectivity index (χ3v) is 2.53. The second kappa shape index (κ2) is 3.75. The molecule has 1 N–H and O–H groups in total. The first kappa shape index (κ1) is 10.9. The Bertz CT molecular complexity index is 562. The fourth-order valence-corrected chi connectivity index (χ4v) is 1.56. The molecule has 84 valence electrons. The number of aromatic carboxylic acids is 1. The van der Waals surface area contributed by atoms with Crippen LogP contribution in [0.15, 0.2) is 12.3 Å². The Morgan fingerprint density at radius 2 is 2.25 bits per heavy atom. The van der Waals surface area contributed by atoms with Crippen molar-refractivity contribution in [2.75, 3.05) is 0 Å². The molecule has 2 heterocycles. The maximum absolute atomic E-state index is 10.8. The van der Waals surface area contributed by atoms with E-state index in [9.17, 15) is 4.79 Å². The van der Waals surface area contributed by atoms with Gasteiger partial charge in [-0.25, -0.2) is 14.3 Å². The molecule has 0 atom stereocenters. The molecule has 0 aromatic carbocycles. The van der Waals surface area contributed by atoms with E-state index in [1.54, 1.807) is 6.07 Å². The molecule has 5 nitrogen and oxygen atoms in total. The van der Waals surface area contributed by atoms with E-state index in [4.69, 9.17) is 16.7 Å². The van der Waals surface area contributed by atoms with Gasteiger partial charge in [-0.3, -0.25) is 0 Å². The highest BCUT2D eigenvalue weighted by Crippen LogP contribution is 2.18. The molecule has 0 spiro atoms. The summed E-state index contributed by atoms with van der Waals surface area (Å²) in [6, 6.07) is 1.79. The summed E-state index contributed by atoms with van der Waals surface area (Å²) in [5, 5.41) is 13.1. The van der Waals surface area contributed by atoms with Crippen molar-refractivity contribution < 1.29 is 9.90 Å². The van der Waals surface area contributed by atoms with Gasteiger partial charge in [0.2, 0.25) is 0 Å². The van der Waals surface area contributed by atoms with E-state index in [1.165, 1.54) is 10.7 Å². The van der Waals surface area contributed by atoms with E-state index < -0.39 is 5.97 Å². The zero-order valence-electron chi connectivity index (χ0n) is 8.81. The van der Waals surface area contributed by atoms with Gasteiger partial charge in [0.05, 0.1) is 5.69 Å². The van der Waals surface area contributed by atoms with Crippen LogP contribution < -0.4 is 0 Å². The van der Waals surface area contributed by atoms with Gasteiger partial charge in [0.1, 0.15) is 10.7 Å². The Hall–Kier alpha value is -1.62.